The summed E-state index contributed by atoms with van der Waals surface area (Å²) in [6.07, 6.45) is -1.43. The van der Waals surface area contributed by atoms with E-state index in [9.17, 15) is 23.3 Å². The van der Waals surface area contributed by atoms with E-state index < -0.39 is 32.8 Å². The van der Waals surface area contributed by atoms with Gasteiger partial charge in [-0.05, 0) is 19.1 Å². The van der Waals surface area contributed by atoms with E-state index in [2.05, 4.69) is 0 Å². The Hall–Kier alpha value is -2.33. The van der Waals surface area contributed by atoms with E-state index in [4.69, 9.17) is 14.7 Å². The third kappa shape index (κ3) is 4.61. The van der Waals surface area contributed by atoms with Crippen LogP contribution in [0.15, 0.2) is 29.2 Å². The van der Waals surface area contributed by atoms with Crippen LogP contribution in [0.4, 0.5) is 5.69 Å². The predicted octanol–water partition coefficient (Wildman–Crippen LogP) is 1.18. The molecule has 0 aliphatic heterocycles. The lowest BCUT2D eigenvalue weighted by atomic mass is 10.2. The molecule has 0 aliphatic carbocycles. The Bertz CT molecular complexity index is 666. The molecule has 0 saturated heterocycles. The van der Waals surface area contributed by atoms with Crippen molar-refractivity contribution in [1.82, 2.24) is 0 Å². The van der Waals surface area contributed by atoms with Crippen molar-refractivity contribution in [2.24, 2.45) is 0 Å². The SMILES string of the molecule is C[C@H](CC(=N)C(=O)O)OS(=O)(=O)c1ccc([N+](=O)[O-])cc1. The number of non-ortho nitro benzene ring substituents is 1. The average molecular weight is 316 g/mol. The van der Waals surface area contributed by atoms with Crippen LogP contribution in [0.5, 0.6) is 0 Å². The minimum Gasteiger partial charge on any atom is -0.477 e. The van der Waals surface area contributed by atoms with Crippen molar-refractivity contribution in [2.45, 2.75) is 24.3 Å². The first-order valence-electron chi connectivity index (χ1n) is 5.62. The zero-order valence-electron chi connectivity index (χ0n) is 10.8. The van der Waals surface area contributed by atoms with Crippen LogP contribution in [-0.2, 0) is 19.1 Å². The van der Waals surface area contributed by atoms with E-state index in [0.29, 0.717) is 0 Å². The minimum atomic E-state index is -4.19. The zero-order chi connectivity index (χ0) is 16.2. The number of hydrogen-bond donors (Lipinski definition) is 2. The maximum absolute atomic E-state index is 11.9. The van der Waals surface area contributed by atoms with Crippen LogP contribution in [0.3, 0.4) is 0 Å². The first kappa shape index (κ1) is 16.7. The van der Waals surface area contributed by atoms with Gasteiger partial charge >= 0.3 is 5.97 Å². The standard InChI is InChI=1S/C11H12N2O7S/c1-7(6-10(12)11(14)15)20-21(18,19)9-4-2-8(3-5-9)13(16)17/h2-5,7,12H,6H2,1H3,(H,14,15)/t7-/m1/s1. The largest absolute Gasteiger partial charge is 0.477 e. The van der Waals surface area contributed by atoms with Gasteiger partial charge < -0.3 is 5.11 Å². The van der Waals surface area contributed by atoms with Gasteiger partial charge in [0.25, 0.3) is 15.8 Å². The summed E-state index contributed by atoms with van der Waals surface area (Å²) < 4.78 is 28.5. The molecule has 0 unspecified atom stereocenters. The lowest BCUT2D eigenvalue weighted by Crippen LogP contribution is -2.22. The van der Waals surface area contributed by atoms with Crippen LogP contribution >= 0.6 is 0 Å². The van der Waals surface area contributed by atoms with Crippen LogP contribution in [0, 0.1) is 15.5 Å². The second-order valence-electron chi connectivity index (χ2n) is 4.10. The van der Waals surface area contributed by atoms with Gasteiger partial charge in [-0.3, -0.25) is 19.7 Å². The fourth-order valence-electron chi connectivity index (χ4n) is 1.42. The summed E-state index contributed by atoms with van der Waals surface area (Å²) in [6, 6.07) is 4.06. The number of nitro benzene ring substituents is 1. The first-order chi connectivity index (χ1) is 9.63. The van der Waals surface area contributed by atoms with Gasteiger partial charge in [-0.15, -0.1) is 0 Å². The Kier molecular flexibility index (Phi) is 5.11. The molecule has 1 aromatic carbocycles. The topological polar surface area (TPSA) is 148 Å². The second kappa shape index (κ2) is 6.41. The highest BCUT2D eigenvalue weighted by Crippen LogP contribution is 2.19. The molecular weight excluding hydrogens is 304 g/mol. The maximum Gasteiger partial charge on any atom is 0.349 e. The summed E-state index contributed by atoms with van der Waals surface area (Å²) in [5, 5.41) is 26.1. The molecule has 0 bridgehead atoms. The van der Waals surface area contributed by atoms with E-state index in [1.807, 2.05) is 0 Å². The molecule has 1 aromatic rings. The summed E-state index contributed by atoms with van der Waals surface area (Å²) in [4.78, 5) is 20.0. The van der Waals surface area contributed by atoms with Gasteiger partial charge in [-0.2, -0.15) is 8.42 Å². The number of aliphatic carboxylic acids is 1. The molecule has 2 N–H and O–H groups in total. The number of carboxylic acid groups (broad SMARTS) is 1. The molecule has 0 heterocycles. The van der Waals surface area contributed by atoms with Gasteiger partial charge in [0, 0.05) is 18.6 Å². The number of benzene rings is 1. The Balaban J connectivity index is 2.84. The molecule has 0 radical (unpaired) electrons. The van der Waals surface area contributed by atoms with Crippen LogP contribution in [0.1, 0.15) is 13.3 Å². The van der Waals surface area contributed by atoms with Gasteiger partial charge in [0.2, 0.25) is 0 Å². The van der Waals surface area contributed by atoms with E-state index in [1.54, 1.807) is 0 Å². The highest BCUT2D eigenvalue weighted by atomic mass is 32.2. The number of carbonyl (C=O) groups is 1. The molecule has 0 fully saturated rings. The number of rotatable bonds is 7. The van der Waals surface area contributed by atoms with Crippen molar-refractivity contribution < 1.29 is 27.4 Å². The van der Waals surface area contributed by atoms with Gasteiger partial charge in [-0.1, -0.05) is 0 Å². The molecule has 9 nitrogen and oxygen atoms in total. The Morgan fingerprint density at radius 1 is 1.43 bits per heavy atom. The Morgan fingerprint density at radius 3 is 2.38 bits per heavy atom. The number of hydrogen-bond acceptors (Lipinski definition) is 7. The molecule has 10 heteroatoms. The van der Waals surface area contributed by atoms with Gasteiger partial charge in [0.15, 0.2) is 0 Å². The number of nitrogens with one attached hydrogen (secondary N) is 1. The first-order valence-corrected chi connectivity index (χ1v) is 7.03. The smallest absolute Gasteiger partial charge is 0.349 e. The Morgan fingerprint density at radius 2 is 1.95 bits per heavy atom. The van der Waals surface area contributed by atoms with Crippen molar-refractivity contribution in [3.63, 3.8) is 0 Å². The molecule has 21 heavy (non-hydrogen) atoms. The van der Waals surface area contributed by atoms with Crippen molar-refractivity contribution in [1.29, 1.82) is 5.41 Å². The maximum atomic E-state index is 11.9. The third-order valence-corrected chi connectivity index (χ3v) is 3.81. The minimum absolute atomic E-state index is 0.269. The van der Waals surface area contributed by atoms with Crippen LogP contribution < -0.4 is 0 Å². The van der Waals surface area contributed by atoms with Crippen molar-refractivity contribution >= 4 is 27.5 Å². The monoisotopic (exact) mass is 316 g/mol. The highest BCUT2D eigenvalue weighted by molar-refractivity contribution is 7.86. The molecule has 0 aromatic heterocycles. The fourth-order valence-corrected chi connectivity index (χ4v) is 2.50. The van der Waals surface area contributed by atoms with Crippen LogP contribution in [0.2, 0.25) is 0 Å². The number of nitrogens with zero attached hydrogens (tertiary/aromatic N) is 1. The lowest BCUT2D eigenvalue weighted by Gasteiger charge is -2.12. The number of carboxylic acids is 1. The van der Waals surface area contributed by atoms with Crippen molar-refractivity contribution in [3.05, 3.63) is 34.4 Å². The molecule has 0 saturated carbocycles. The van der Waals surface area contributed by atoms with Crippen molar-refractivity contribution in [3.8, 4) is 0 Å². The van der Waals surface area contributed by atoms with Crippen LogP contribution in [-0.4, -0.2) is 36.2 Å². The van der Waals surface area contributed by atoms with Crippen LogP contribution in [0.25, 0.3) is 0 Å². The molecule has 114 valence electrons. The molecule has 1 atom stereocenters. The summed E-state index contributed by atoms with van der Waals surface area (Å²) in [5.74, 6) is -1.46. The normalized spacial score (nSPS) is 12.6. The molecule has 0 amide bonds. The summed E-state index contributed by atoms with van der Waals surface area (Å²) >= 11 is 0. The van der Waals surface area contributed by atoms with Gasteiger partial charge in [-0.25, -0.2) is 4.79 Å². The summed E-state index contributed by atoms with van der Waals surface area (Å²) in [5.41, 5.74) is -0.948. The highest BCUT2D eigenvalue weighted by Gasteiger charge is 2.22. The second-order valence-corrected chi connectivity index (χ2v) is 5.67. The predicted molar refractivity (Wildman–Crippen MR) is 70.8 cm³/mol. The van der Waals surface area contributed by atoms with Gasteiger partial charge in [0.1, 0.15) is 5.71 Å². The van der Waals surface area contributed by atoms with E-state index in [-0.39, 0.29) is 17.0 Å². The number of nitro groups is 1. The summed E-state index contributed by atoms with van der Waals surface area (Å²) in [7, 11) is -4.19. The van der Waals surface area contributed by atoms with E-state index in [1.165, 1.54) is 6.92 Å². The van der Waals surface area contributed by atoms with Crippen molar-refractivity contribution in [2.75, 3.05) is 0 Å². The van der Waals surface area contributed by atoms with Gasteiger partial charge in [0.05, 0.1) is 15.9 Å². The molecule has 1 rings (SSSR count). The van der Waals surface area contributed by atoms with E-state index >= 15 is 0 Å². The lowest BCUT2D eigenvalue weighted by molar-refractivity contribution is -0.384. The summed E-state index contributed by atoms with van der Waals surface area (Å²) in [6.45, 7) is 1.31. The molecular formula is C11H12N2O7S. The quantitative estimate of drug-likeness (QED) is 0.332. The zero-order valence-corrected chi connectivity index (χ0v) is 11.7. The third-order valence-electron chi connectivity index (χ3n) is 2.38. The van der Waals surface area contributed by atoms with E-state index in [0.717, 1.165) is 24.3 Å². The molecule has 0 spiro atoms. The molecule has 0 aliphatic rings. The average Bonchev–Trinajstić information content (AvgIpc) is 2.37. The fraction of sp³-hybridized carbons (Fsp3) is 0.273. The Labute approximate surface area is 119 Å².